The number of ether oxygens (including phenoxy) is 1. The zero-order valence-corrected chi connectivity index (χ0v) is 14.0. The molecule has 1 aromatic rings. The molecule has 1 saturated carbocycles. The standard InChI is InChI=1S/C17H29NOS/c1-13(2)18-10-17-9-16(14(3)20-17)12-19-11-15-7-5-4-6-8-15/h9,13,15,18H,4-8,10-12H2,1-3H3. The third kappa shape index (κ3) is 5.19. The first kappa shape index (κ1) is 16.0. The summed E-state index contributed by atoms with van der Waals surface area (Å²) in [7, 11) is 0. The van der Waals surface area contributed by atoms with Gasteiger partial charge >= 0.3 is 0 Å². The molecule has 3 heteroatoms. The highest BCUT2D eigenvalue weighted by Crippen LogP contribution is 2.25. The fourth-order valence-corrected chi connectivity index (χ4v) is 3.81. The summed E-state index contributed by atoms with van der Waals surface area (Å²) in [4.78, 5) is 2.83. The number of hydrogen-bond donors (Lipinski definition) is 1. The summed E-state index contributed by atoms with van der Waals surface area (Å²) in [5.74, 6) is 0.810. The van der Waals surface area contributed by atoms with Crippen molar-refractivity contribution in [3.05, 3.63) is 21.4 Å². The van der Waals surface area contributed by atoms with E-state index in [1.807, 2.05) is 11.3 Å². The molecule has 0 atom stereocenters. The van der Waals surface area contributed by atoms with Gasteiger partial charge in [-0.15, -0.1) is 11.3 Å². The third-order valence-electron chi connectivity index (χ3n) is 4.09. The Morgan fingerprint density at radius 2 is 2.05 bits per heavy atom. The molecular weight excluding hydrogens is 266 g/mol. The van der Waals surface area contributed by atoms with Gasteiger partial charge in [0.05, 0.1) is 6.61 Å². The molecule has 1 fully saturated rings. The fraction of sp³-hybridized carbons (Fsp3) is 0.765. The van der Waals surface area contributed by atoms with Gasteiger partial charge in [-0.25, -0.2) is 0 Å². The summed E-state index contributed by atoms with van der Waals surface area (Å²) in [6.07, 6.45) is 6.96. The lowest BCUT2D eigenvalue weighted by molar-refractivity contribution is 0.0738. The van der Waals surface area contributed by atoms with Crippen LogP contribution in [0.1, 0.15) is 61.3 Å². The first-order chi connectivity index (χ1) is 9.65. The van der Waals surface area contributed by atoms with Gasteiger partial charge in [-0.05, 0) is 37.3 Å². The van der Waals surface area contributed by atoms with Crippen LogP contribution < -0.4 is 5.32 Å². The topological polar surface area (TPSA) is 21.3 Å². The molecule has 0 saturated heterocycles. The van der Waals surface area contributed by atoms with E-state index in [1.54, 1.807) is 0 Å². The van der Waals surface area contributed by atoms with Gasteiger partial charge in [-0.1, -0.05) is 33.1 Å². The van der Waals surface area contributed by atoms with E-state index in [0.717, 1.165) is 25.7 Å². The van der Waals surface area contributed by atoms with Crippen molar-refractivity contribution >= 4 is 11.3 Å². The van der Waals surface area contributed by atoms with Gasteiger partial charge in [0.15, 0.2) is 0 Å². The molecule has 0 amide bonds. The second-order valence-corrected chi connectivity index (χ2v) is 7.69. The van der Waals surface area contributed by atoms with Gasteiger partial charge in [0.25, 0.3) is 0 Å². The van der Waals surface area contributed by atoms with E-state index in [1.165, 1.54) is 47.4 Å². The van der Waals surface area contributed by atoms with Gasteiger partial charge < -0.3 is 10.1 Å². The van der Waals surface area contributed by atoms with Crippen molar-refractivity contribution in [1.29, 1.82) is 0 Å². The van der Waals surface area contributed by atoms with Crippen LogP contribution >= 0.6 is 11.3 Å². The molecule has 1 aromatic heterocycles. The van der Waals surface area contributed by atoms with Crippen molar-refractivity contribution < 1.29 is 4.74 Å². The van der Waals surface area contributed by atoms with E-state index in [9.17, 15) is 0 Å². The van der Waals surface area contributed by atoms with Crippen molar-refractivity contribution in [3.63, 3.8) is 0 Å². The highest BCUT2D eigenvalue weighted by atomic mass is 32.1. The molecular formula is C17H29NOS. The zero-order chi connectivity index (χ0) is 14.4. The molecule has 0 spiro atoms. The molecule has 114 valence electrons. The lowest BCUT2D eigenvalue weighted by Gasteiger charge is -2.21. The predicted octanol–water partition coefficient (Wildman–Crippen LogP) is 4.65. The van der Waals surface area contributed by atoms with Crippen LogP contribution in [0.4, 0.5) is 0 Å². The Labute approximate surface area is 127 Å². The van der Waals surface area contributed by atoms with Crippen LogP contribution in [-0.4, -0.2) is 12.6 Å². The minimum atomic E-state index is 0.545. The van der Waals surface area contributed by atoms with Crippen LogP contribution in [0.15, 0.2) is 6.07 Å². The van der Waals surface area contributed by atoms with E-state index in [2.05, 4.69) is 32.2 Å². The maximum atomic E-state index is 5.97. The molecule has 1 aliphatic carbocycles. The average Bonchev–Trinajstić information content (AvgIpc) is 2.78. The fourth-order valence-electron chi connectivity index (χ4n) is 2.81. The summed E-state index contributed by atoms with van der Waals surface area (Å²) in [5, 5.41) is 3.48. The van der Waals surface area contributed by atoms with Crippen molar-refractivity contribution in [3.8, 4) is 0 Å². The summed E-state index contributed by atoms with van der Waals surface area (Å²) in [5.41, 5.74) is 1.38. The predicted molar refractivity (Wildman–Crippen MR) is 87.3 cm³/mol. The van der Waals surface area contributed by atoms with Crippen molar-refractivity contribution in [2.45, 2.75) is 72.1 Å². The molecule has 0 aliphatic heterocycles. The van der Waals surface area contributed by atoms with Gasteiger partial charge in [0.1, 0.15) is 0 Å². The van der Waals surface area contributed by atoms with Gasteiger partial charge in [0.2, 0.25) is 0 Å². The Morgan fingerprint density at radius 1 is 1.30 bits per heavy atom. The summed E-state index contributed by atoms with van der Waals surface area (Å²) in [6, 6.07) is 2.86. The molecule has 1 heterocycles. The highest BCUT2D eigenvalue weighted by molar-refractivity contribution is 7.12. The Morgan fingerprint density at radius 3 is 2.75 bits per heavy atom. The van der Waals surface area contributed by atoms with Crippen LogP contribution in [0.3, 0.4) is 0 Å². The maximum Gasteiger partial charge on any atom is 0.0727 e. The van der Waals surface area contributed by atoms with Crippen LogP contribution in [0.5, 0.6) is 0 Å². The summed E-state index contributed by atoms with van der Waals surface area (Å²) >= 11 is 1.90. The Bertz CT molecular complexity index is 394. The van der Waals surface area contributed by atoms with E-state index >= 15 is 0 Å². The zero-order valence-electron chi connectivity index (χ0n) is 13.2. The lowest BCUT2D eigenvalue weighted by atomic mass is 9.90. The number of thiophene rings is 1. The van der Waals surface area contributed by atoms with E-state index in [4.69, 9.17) is 4.74 Å². The van der Waals surface area contributed by atoms with E-state index in [0.29, 0.717) is 6.04 Å². The van der Waals surface area contributed by atoms with Crippen LogP contribution in [0.2, 0.25) is 0 Å². The van der Waals surface area contributed by atoms with Crippen LogP contribution in [-0.2, 0) is 17.9 Å². The number of aryl methyl sites for hydroxylation is 1. The van der Waals surface area contributed by atoms with Crippen molar-refractivity contribution in [1.82, 2.24) is 5.32 Å². The van der Waals surface area contributed by atoms with E-state index < -0.39 is 0 Å². The molecule has 0 bridgehead atoms. The van der Waals surface area contributed by atoms with Gasteiger partial charge in [-0.2, -0.15) is 0 Å². The molecule has 1 aliphatic rings. The van der Waals surface area contributed by atoms with Gasteiger partial charge in [-0.3, -0.25) is 0 Å². The Hall–Kier alpha value is -0.380. The Kier molecular flexibility index (Phi) is 6.53. The highest BCUT2D eigenvalue weighted by Gasteiger charge is 2.14. The number of rotatable bonds is 7. The SMILES string of the molecule is Cc1sc(CNC(C)C)cc1COCC1CCCCC1. The first-order valence-corrected chi connectivity index (χ1v) is 8.86. The largest absolute Gasteiger partial charge is 0.376 e. The number of hydrogen-bond acceptors (Lipinski definition) is 3. The minimum Gasteiger partial charge on any atom is -0.376 e. The third-order valence-corrected chi connectivity index (χ3v) is 5.18. The maximum absolute atomic E-state index is 5.97. The smallest absolute Gasteiger partial charge is 0.0727 e. The molecule has 2 nitrogen and oxygen atoms in total. The van der Waals surface area contributed by atoms with E-state index in [-0.39, 0.29) is 0 Å². The molecule has 0 aromatic carbocycles. The molecule has 0 radical (unpaired) electrons. The van der Waals surface area contributed by atoms with Crippen LogP contribution in [0, 0.1) is 12.8 Å². The first-order valence-electron chi connectivity index (χ1n) is 8.04. The molecule has 0 unspecified atom stereocenters. The monoisotopic (exact) mass is 295 g/mol. The second-order valence-electron chi connectivity index (χ2n) is 6.35. The summed E-state index contributed by atoms with van der Waals surface area (Å²) < 4.78 is 5.97. The Balaban J connectivity index is 1.74. The van der Waals surface area contributed by atoms with Crippen molar-refractivity contribution in [2.75, 3.05) is 6.61 Å². The van der Waals surface area contributed by atoms with Crippen LogP contribution in [0.25, 0.3) is 0 Å². The molecule has 2 rings (SSSR count). The summed E-state index contributed by atoms with van der Waals surface area (Å²) in [6.45, 7) is 9.31. The normalized spacial score (nSPS) is 17.0. The van der Waals surface area contributed by atoms with Gasteiger partial charge in [0, 0.05) is 28.9 Å². The number of nitrogens with one attached hydrogen (secondary N) is 1. The molecule has 20 heavy (non-hydrogen) atoms. The lowest BCUT2D eigenvalue weighted by Crippen LogP contribution is -2.21. The average molecular weight is 295 g/mol. The molecule has 1 N–H and O–H groups in total. The van der Waals surface area contributed by atoms with Crippen molar-refractivity contribution in [2.24, 2.45) is 5.92 Å². The minimum absolute atomic E-state index is 0.545. The second kappa shape index (κ2) is 8.16. The quantitative estimate of drug-likeness (QED) is 0.790.